The number of amides is 2. The average Bonchev–Trinajstić information content (AvgIpc) is 2.86. The van der Waals surface area contributed by atoms with Gasteiger partial charge in [0.05, 0.1) is 12.6 Å². The molecule has 3 rings (SSSR count). The van der Waals surface area contributed by atoms with Crippen molar-refractivity contribution in [1.82, 2.24) is 9.80 Å². The topological polar surface area (TPSA) is 64.7 Å². The molecule has 2 amide bonds. The van der Waals surface area contributed by atoms with Crippen LogP contribution in [0.15, 0.2) is 36.4 Å². The Morgan fingerprint density at radius 3 is 2.11 bits per heavy atom. The van der Waals surface area contributed by atoms with Crippen molar-refractivity contribution in [3.05, 3.63) is 58.7 Å². The fourth-order valence-corrected chi connectivity index (χ4v) is 6.08. The summed E-state index contributed by atoms with van der Waals surface area (Å²) in [5.41, 5.74) is 6.24. The molecule has 1 fully saturated rings. The van der Waals surface area contributed by atoms with Gasteiger partial charge in [0.25, 0.3) is 0 Å². The van der Waals surface area contributed by atoms with Crippen molar-refractivity contribution in [1.29, 1.82) is 0 Å². The quantitative estimate of drug-likeness (QED) is 0.346. The van der Waals surface area contributed by atoms with Crippen LogP contribution in [0.3, 0.4) is 0 Å². The van der Waals surface area contributed by atoms with Gasteiger partial charge in [-0.3, -0.25) is 19.4 Å². The van der Waals surface area contributed by atoms with Gasteiger partial charge in [-0.25, -0.2) is 0 Å². The van der Waals surface area contributed by atoms with Crippen LogP contribution in [-0.2, 0) is 9.59 Å². The Morgan fingerprint density at radius 2 is 1.51 bits per heavy atom. The molecular weight excluding hydrogens is 480 g/mol. The van der Waals surface area contributed by atoms with Gasteiger partial charge >= 0.3 is 0 Å². The molecule has 0 aliphatic carbocycles. The summed E-state index contributed by atoms with van der Waals surface area (Å²) in [6, 6.07) is 12.1. The third-order valence-electron chi connectivity index (χ3n) is 7.11. The van der Waals surface area contributed by atoms with Crippen LogP contribution in [0.2, 0.25) is 0 Å². The Bertz CT molecular complexity index is 1020. The Balaban J connectivity index is 1.49. The minimum absolute atomic E-state index is 0.0371. The predicted molar refractivity (Wildman–Crippen MR) is 157 cm³/mol. The summed E-state index contributed by atoms with van der Waals surface area (Å²) in [4.78, 5) is 30.6. The Kier molecular flexibility index (Phi) is 11.5. The molecule has 0 saturated carbocycles. The second-order valence-electron chi connectivity index (χ2n) is 10.2. The van der Waals surface area contributed by atoms with Crippen molar-refractivity contribution in [2.45, 2.75) is 66.3 Å². The van der Waals surface area contributed by atoms with Gasteiger partial charge in [0.1, 0.15) is 0 Å². The Hall–Kier alpha value is -2.35. The lowest BCUT2D eigenvalue weighted by atomic mass is 10.0. The van der Waals surface area contributed by atoms with Gasteiger partial charge in [0, 0.05) is 29.5 Å². The molecule has 1 saturated heterocycles. The molecule has 1 atom stereocenters. The van der Waals surface area contributed by atoms with Crippen LogP contribution < -0.4 is 10.6 Å². The molecule has 7 heteroatoms. The fraction of sp³-hybridized carbons (Fsp3) is 0.533. The van der Waals surface area contributed by atoms with Crippen molar-refractivity contribution in [2.24, 2.45) is 0 Å². The number of carbonyl (C=O) groups is 2. The van der Waals surface area contributed by atoms with Crippen LogP contribution >= 0.6 is 11.8 Å². The molecule has 202 valence electrons. The number of nitrogens with zero attached hydrogens (tertiary/aromatic N) is 2. The second-order valence-corrected chi connectivity index (χ2v) is 11.3. The smallest absolute Gasteiger partial charge is 0.241 e. The number of nitrogens with one attached hydrogen (secondary N) is 2. The first-order valence-electron chi connectivity index (χ1n) is 13.6. The maximum atomic E-state index is 13.2. The number of benzene rings is 2. The number of rotatable bonds is 12. The zero-order chi connectivity index (χ0) is 26.8. The van der Waals surface area contributed by atoms with E-state index in [4.69, 9.17) is 0 Å². The minimum Gasteiger partial charge on any atom is -0.324 e. The number of aryl methyl sites for hydroxylation is 4. The molecule has 1 unspecified atom stereocenters. The third-order valence-corrected chi connectivity index (χ3v) is 8.09. The van der Waals surface area contributed by atoms with E-state index in [1.165, 1.54) is 0 Å². The van der Waals surface area contributed by atoms with Crippen LogP contribution in [0.4, 0.5) is 11.4 Å². The SMILES string of the molecule is CCCN(CCSCN1CCCCC1C(=O)Nc1c(C)cccc1C)CC(=O)Nc1c(C)cccc1C. The summed E-state index contributed by atoms with van der Waals surface area (Å²) in [6.07, 6.45) is 4.13. The van der Waals surface area contributed by atoms with Crippen molar-refractivity contribution in [2.75, 3.05) is 48.4 Å². The molecular formula is C30H44N4O2S. The molecule has 1 aliphatic heterocycles. The fourth-order valence-electron chi connectivity index (χ4n) is 5.02. The van der Waals surface area contributed by atoms with Gasteiger partial charge in [-0.2, -0.15) is 0 Å². The largest absolute Gasteiger partial charge is 0.324 e. The van der Waals surface area contributed by atoms with Crippen molar-refractivity contribution in [3.8, 4) is 0 Å². The van der Waals surface area contributed by atoms with Crippen LogP contribution in [0.1, 0.15) is 54.9 Å². The van der Waals surface area contributed by atoms with Gasteiger partial charge in [-0.15, -0.1) is 11.8 Å². The molecule has 0 aromatic heterocycles. The predicted octanol–water partition coefficient (Wildman–Crippen LogP) is 5.75. The van der Waals surface area contributed by atoms with Crippen LogP contribution in [0, 0.1) is 27.7 Å². The van der Waals surface area contributed by atoms with Crippen molar-refractivity contribution < 1.29 is 9.59 Å². The van der Waals surface area contributed by atoms with E-state index in [2.05, 4.69) is 27.4 Å². The van der Waals surface area contributed by atoms with Crippen LogP contribution in [0.25, 0.3) is 0 Å². The standard InChI is InChI=1S/C30H44N4O2S/c1-6-16-33(20-27(35)31-28-22(2)11-9-12-23(28)3)18-19-37-21-34-17-8-7-15-26(34)30(36)32-29-24(4)13-10-14-25(29)5/h9-14,26H,6-8,15-21H2,1-5H3,(H,31,35)(H,32,36). The number of anilines is 2. The highest BCUT2D eigenvalue weighted by molar-refractivity contribution is 7.99. The monoisotopic (exact) mass is 524 g/mol. The van der Waals surface area contributed by atoms with E-state index < -0.39 is 0 Å². The number of thioether (sulfide) groups is 1. The maximum absolute atomic E-state index is 13.2. The lowest BCUT2D eigenvalue weighted by Gasteiger charge is -2.34. The molecule has 0 radical (unpaired) electrons. The number of piperidine rings is 1. The van der Waals surface area contributed by atoms with E-state index in [0.29, 0.717) is 6.54 Å². The van der Waals surface area contributed by atoms with E-state index >= 15 is 0 Å². The van der Waals surface area contributed by atoms with E-state index in [9.17, 15) is 9.59 Å². The lowest BCUT2D eigenvalue weighted by Crippen LogP contribution is -2.47. The summed E-state index contributed by atoms with van der Waals surface area (Å²) in [7, 11) is 0. The second kappa shape index (κ2) is 14.6. The van der Waals surface area contributed by atoms with Gasteiger partial charge in [0.15, 0.2) is 0 Å². The van der Waals surface area contributed by atoms with Gasteiger partial charge in [0.2, 0.25) is 11.8 Å². The first-order chi connectivity index (χ1) is 17.8. The highest BCUT2D eigenvalue weighted by atomic mass is 32.2. The van der Waals surface area contributed by atoms with Gasteiger partial charge < -0.3 is 10.6 Å². The lowest BCUT2D eigenvalue weighted by molar-refractivity contribution is -0.122. The summed E-state index contributed by atoms with van der Waals surface area (Å²) >= 11 is 1.86. The summed E-state index contributed by atoms with van der Waals surface area (Å²) in [6.45, 7) is 13.4. The summed E-state index contributed by atoms with van der Waals surface area (Å²) in [5, 5.41) is 6.33. The zero-order valence-electron chi connectivity index (χ0n) is 23.2. The van der Waals surface area contributed by atoms with Crippen LogP contribution in [-0.4, -0.2) is 65.5 Å². The molecule has 0 bridgehead atoms. The van der Waals surface area contributed by atoms with Crippen LogP contribution in [0.5, 0.6) is 0 Å². The molecule has 0 spiro atoms. The normalized spacial score (nSPS) is 16.1. The van der Waals surface area contributed by atoms with E-state index in [1.807, 2.05) is 75.9 Å². The third kappa shape index (κ3) is 8.59. The highest BCUT2D eigenvalue weighted by Gasteiger charge is 2.29. The van der Waals surface area contributed by atoms with Gasteiger partial charge in [-0.05, 0) is 82.3 Å². The van der Waals surface area contributed by atoms with E-state index in [0.717, 1.165) is 90.6 Å². The number of hydrogen-bond acceptors (Lipinski definition) is 5. The molecule has 2 aromatic carbocycles. The van der Waals surface area contributed by atoms with Crippen molar-refractivity contribution >= 4 is 35.0 Å². The Morgan fingerprint density at radius 1 is 0.919 bits per heavy atom. The van der Waals surface area contributed by atoms with Gasteiger partial charge in [-0.1, -0.05) is 49.7 Å². The summed E-state index contributed by atoms with van der Waals surface area (Å²) in [5.74, 6) is 1.90. The van der Waals surface area contributed by atoms with E-state index in [1.54, 1.807) is 0 Å². The first-order valence-corrected chi connectivity index (χ1v) is 14.7. The summed E-state index contributed by atoms with van der Waals surface area (Å²) < 4.78 is 0. The molecule has 37 heavy (non-hydrogen) atoms. The minimum atomic E-state index is -0.0878. The molecule has 1 aliphatic rings. The maximum Gasteiger partial charge on any atom is 0.241 e. The number of para-hydroxylation sites is 2. The number of carbonyl (C=O) groups excluding carboxylic acids is 2. The van der Waals surface area contributed by atoms with E-state index in [-0.39, 0.29) is 17.9 Å². The number of hydrogen-bond donors (Lipinski definition) is 2. The Labute approximate surface area is 227 Å². The molecule has 2 N–H and O–H groups in total. The highest BCUT2D eigenvalue weighted by Crippen LogP contribution is 2.24. The average molecular weight is 525 g/mol. The van der Waals surface area contributed by atoms with Crippen molar-refractivity contribution in [3.63, 3.8) is 0 Å². The molecule has 2 aromatic rings. The zero-order valence-corrected chi connectivity index (χ0v) is 24.0. The molecule has 1 heterocycles. The molecule has 6 nitrogen and oxygen atoms in total. The first kappa shape index (κ1) is 29.2. The number of likely N-dealkylation sites (tertiary alicyclic amines) is 1.